The predicted molar refractivity (Wildman–Crippen MR) is 104 cm³/mol. The molecule has 1 unspecified atom stereocenters. The lowest BCUT2D eigenvalue weighted by molar-refractivity contribution is -0.129. The molecule has 1 atom stereocenters. The molecule has 1 saturated carbocycles. The molecule has 0 radical (unpaired) electrons. The zero-order valence-corrected chi connectivity index (χ0v) is 16.2. The van der Waals surface area contributed by atoms with Gasteiger partial charge in [0, 0.05) is 12.5 Å². The van der Waals surface area contributed by atoms with Crippen LogP contribution in [0.5, 0.6) is 0 Å². The number of fused-ring (bicyclic) bond motifs is 1. The Bertz CT molecular complexity index is 991. The van der Waals surface area contributed by atoms with Gasteiger partial charge in [-0.2, -0.15) is 5.10 Å². The highest BCUT2D eigenvalue weighted by Gasteiger charge is 2.28. The number of ether oxygens (including phenoxy) is 1. The summed E-state index contributed by atoms with van der Waals surface area (Å²) >= 11 is 1.56. The molecule has 6 nitrogen and oxygen atoms in total. The Morgan fingerprint density at radius 3 is 2.93 bits per heavy atom. The monoisotopic (exact) mass is 383 g/mol. The maximum absolute atomic E-state index is 12.9. The smallest absolute Gasteiger partial charge is 0.339 e. The van der Waals surface area contributed by atoms with E-state index in [4.69, 9.17) is 9.72 Å². The minimum absolute atomic E-state index is 0.0104. The average Bonchev–Trinajstić information content (AvgIpc) is 3.32. The molecular weight excluding hydrogens is 362 g/mol. The van der Waals surface area contributed by atoms with E-state index in [1.807, 2.05) is 31.4 Å². The summed E-state index contributed by atoms with van der Waals surface area (Å²) in [6.07, 6.45) is 3.87. The first kappa shape index (κ1) is 17.9. The molecule has 1 fully saturated rings. The van der Waals surface area contributed by atoms with Crippen molar-refractivity contribution in [1.29, 1.82) is 0 Å². The van der Waals surface area contributed by atoms with E-state index >= 15 is 0 Å². The number of esters is 1. The second-order valence-corrected chi connectivity index (χ2v) is 8.01. The minimum Gasteiger partial charge on any atom is -0.451 e. The van der Waals surface area contributed by atoms with E-state index in [1.54, 1.807) is 28.3 Å². The molecule has 3 aromatic heterocycles. The first-order valence-corrected chi connectivity index (χ1v) is 10.1. The van der Waals surface area contributed by atoms with Gasteiger partial charge in [-0.1, -0.05) is 6.07 Å². The molecule has 7 heteroatoms. The number of aromatic nitrogens is 3. The summed E-state index contributed by atoms with van der Waals surface area (Å²) in [6.45, 7) is 4.04. The number of hydrogen-bond acceptors (Lipinski definition) is 6. The minimum atomic E-state index is -0.639. The van der Waals surface area contributed by atoms with Crippen LogP contribution in [0.25, 0.3) is 21.6 Å². The Morgan fingerprint density at radius 2 is 2.22 bits per heavy atom. The van der Waals surface area contributed by atoms with Crippen molar-refractivity contribution in [2.75, 3.05) is 0 Å². The number of ketones is 1. The van der Waals surface area contributed by atoms with E-state index in [0.29, 0.717) is 35.1 Å². The van der Waals surface area contributed by atoms with Crippen LogP contribution >= 0.6 is 11.3 Å². The Balaban J connectivity index is 1.78. The topological polar surface area (TPSA) is 74.1 Å². The standard InChI is InChI=1S/C20H21N3O3S/c1-12(2)23-19-14(11-21-23)13(10-15(22-19)18-8-5-9-27-18)20(25)26-17-7-4-3-6-16(17)24/h5,8-12,17H,3-4,6-7H2,1-2H3. The highest BCUT2D eigenvalue weighted by Crippen LogP contribution is 2.30. The van der Waals surface area contributed by atoms with Crippen LogP contribution in [0.3, 0.4) is 0 Å². The molecule has 27 heavy (non-hydrogen) atoms. The van der Waals surface area contributed by atoms with Gasteiger partial charge in [-0.25, -0.2) is 14.5 Å². The van der Waals surface area contributed by atoms with Gasteiger partial charge in [0.05, 0.1) is 27.7 Å². The zero-order chi connectivity index (χ0) is 19.0. The maximum Gasteiger partial charge on any atom is 0.339 e. The number of rotatable bonds is 4. The third-order valence-electron chi connectivity index (χ3n) is 4.80. The molecule has 0 amide bonds. The average molecular weight is 383 g/mol. The SMILES string of the molecule is CC(C)n1ncc2c(C(=O)OC3CCCCC3=O)cc(-c3cccs3)nc21. The molecule has 0 aliphatic heterocycles. The fourth-order valence-corrected chi connectivity index (χ4v) is 4.07. The summed E-state index contributed by atoms with van der Waals surface area (Å²) in [5, 5.41) is 7.03. The number of carbonyl (C=O) groups is 2. The summed E-state index contributed by atoms with van der Waals surface area (Å²) < 4.78 is 7.39. The molecule has 3 aromatic rings. The zero-order valence-electron chi connectivity index (χ0n) is 15.3. The largest absolute Gasteiger partial charge is 0.451 e. The molecule has 1 aliphatic carbocycles. The van der Waals surface area contributed by atoms with Crippen LogP contribution < -0.4 is 0 Å². The van der Waals surface area contributed by atoms with E-state index in [-0.39, 0.29) is 11.8 Å². The highest BCUT2D eigenvalue weighted by molar-refractivity contribution is 7.13. The Kier molecular flexibility index (Phi) is 4.78. The number of Topliss-reactive ketones (excluding diaryl/α,β-unsaturated/α-hetero) is 1. The van der Waals surface area contributed by atoms with E-state index < -0.39 is 12.1 Å². The van der Waals surface area contributed by atoms with E-state index in [1.165, 1.54) is 0 Å². The number of thiophene rings is 1. The fourth-order valence-electron chi connectivity index (χ4n) is 3.38. The molecule has 0 aromatic carbocycles. The normalized spacial score (nSPS) is 17.6. The van der Waals surface area contributed by atoms with Crippen molar-refractivity contribution in [3.8, 4) is 10.6 Å². The molecule has 0 saturated heterocycles. The summed E-state index contributed by atoms with van der Waals surface area (Å²) in [6, 6.07) is 5.77. The third kappa shape index (κ3) is 3.39. The maximum atomic E-state index is 12.9. The van der Waals surface area contributed by atoms with Gasteiger partial charge in [0.1, 0.15) is 0 Å². The number of pyridine rings is 1. The van der Waals surface area contributed by atoms with Crippen LogP contribution in [0.4, 0.5) is 0 Å². The first-order valence-electron chi connectivity index (χ1n) is 9.20. The van der Waals surface area contributed by atoms with Crippen molar-refractivity contribution in [2.24, 2.45) is 0 Å². The molecule has 0 N–H and O–H groups in total. The van der Waals surface area contributed by atoms with Crippen molar-refractivity contribution in [1.82, 2.24) is 14.8 Å². The van der Waals surface area contributed by atoms with Crippen molar-refractivity contribution < 1.29 is 14.3 Å². The van der Waals surface area contributed by atoms with Gasteiger partial charge in [-0.15, -0.1) is 11.3 Å². The molecule has 0 spiro atoms. The molecule has 0 bridgehead atoms. The lowest BCUT2D eigenvalue weighted by atomic mass is 9.96. The molecule has 3 heterocycles. The van der Waals surface area contributed by atoms with Crippen LogP contribution in [-0.4, -0.2) is 32.6 Å². The molecule has 140 valence electrons. The molecular formula is C20H21N3O3S. The van der Waals surface area contributed by atoms with Crippen LogP contribution in [0.2, 0.25) is 0 Å². The van der Waals surface area contributed by atoms with Crippen molar-refractivity contribution in [3.63, 3.8) is 0 Å². The van der Waals surface area contributed by atoms with E-state index in [9.17, 15) is 9.59 Å². The second kappa shape index (κ2) is 7.23. The molecule has 4 rings (SSSR count). The van der Waals surface area contributed by atoms with E-state index in [0.717, 1.165) is 17.7 Å². The van der Waals surface area contributed by atoms with Crippen molar-refractivity contribution in [3.05, 3.63) is 35.3 Å². The summed E-state index contributed by atoms with van der Waals surface area (Å²) in [4.78, 5) is 30.7. The Labute approximate surface area is 161 Å². The van der Waals surface area contributed by atoms with Crippen LogP contribution in [0.15, 0.2) is 29.8 Å². The van der Waals surface area contributed by atoms with Gasteiger partial charge in [0.25, 0.3) is 0 Å². The van der Waals surface area contributed by atoms with Gasteiger partial charge in [-0.3, -0.25) is 4.79 Å². The van der Waals surface area contributed by atoms with Crippen molar-refractivity contribution >= 4 is 34.1 Å². The summed E-state index contributed by atoms with van der Waals surface area (Å²) in [5.74, 6) is -0.472. The van der Waals surface area contributed by atoms with Crippen LogP contribution in [0.1, 0.15) is 55.9 Å². The summed E-state index contributed by atoms with van der Waals surface area (Å²) in [5.41, 5.74) is 1.77. The number of hydrogen-bond donors (Lipinski definition) is 0. The van der Waals surface area contributed by atoms with Gasteiger partial charge in [-0.05, 0) is 50.6 Å². The highest BCUT2D eigenvalue weighted by atomic mass is 32.1. The van der Waals surface area contributed by atoms with Crippen LogP contribution in [0, 0.1) is 0 Å². The number of nitrogens with zero attached hydrogens (tertiary/aromatic N) is 3. The van der Waals surface area contributed by atoms with Crippen LogP contribution in [-0.2, 0) is 9.53 Å². The first-order chi connectivity index (χ1) is 13.0. The van der Waals surface area contributed by atoms with Gasteiger partial charge in [0.2, 0.25) is 0 Å². The van der Waals surface area contributed by atoms with Crippen molar-refractivity contribution in [2.45, 2.75) is 51.7 Å². The Morgan fingerprint density at radius 1 is 1.37 bits per heavy atom. The van der Waals surface area contributed by atoms with Gasteiger partial charge < -0.3 is 4.74 Å². The van der Waals surface area contributed by atoms with Gasteiger partial charge >= 0.3 is 5.97 Å². The summed E-state index contributed by atoms with van der Waals surface area (Å²) in [7, 11) is 0. The lowest BCUT2D eigenvalue weighted by Gasteiger charge is -2.21. The predicted octanol–water partition coefficient (Wildman–Crippen LogP) is 4.41. The van der Waals surface area contributed by atoms with Gasteiger partial charge in [0.15, 0.2) is 17.5 Å². The number of carbonyl (C=O) groups excluding carboxylic acids is 2. The third-order valence-corrected chi connectivity index (χ3v) is 5.69. The fraction of sp³-hybridized carbons (Fsp3) is 0.400. The quantitative estimate of drug-likeness (QED) is 0.624. The lowest BCUT2D eigenvalue weighted by Crippen LogP contribution is -2.30. The second-order valence-electron chi connectivity index (χ2n) is 7.06. The van der Waals surface area contributed by atoms with E-state index in [2.05, 4.69) is 5.10 Å². The molecule has 1 aliphatic rings. The Hall–Kier alpha value is -2.54.